The molecule has 2 aromatic rings. The Morgan fingerprint density at radius 1 is 1.07 bits per heavy atom. The molecule has 1 aromatic carbocycles. The van der Waals surface area contributed by atoms with Crippen molar-refractivity contribution in [3.8, 4) is 0 Å². The summed E-state index contributed by atoms with van der Waals surface area (Å²) in [6, 6.07) is 2.27. The van der Waals surface area contributed by atoms with Crippen molar-refractivity contribution >= 4 is 21.7 Å². The summed E-state index contributed by atoms with van der Waals surface area (Å²) in [6.07, 6.45) is 0. The highest BCUT2D eigenvalue weighted by molar-refractivity contribution is 7.89. The smallest absolute Gasteiger partial charge is 0.270 e. The minimum atomic E-state index is -4.22. The van der Waals surface area contributed by atoms with Gasteiger partial charge in [-0.15, -0.1) is 0 Å². The molecule has 10 heteroatoms. The number of aryl methyl sites for hydroxylation is 1. The Balaban J connectivity index is 1.77. The fourth-order valence-corrected chi connectivity index (χ4v) is 5.09. The standard InChI is InChI=1S/C19H21F2N3O4S/c1-11-17(13(3)25)12(2)22-18(11)19(26)23-6-8-24(9-7-23)29(27,28)16-10-14(20)4-5-15(16)21/h4-5,10,22H,6-9H2,1-3H3. The zero-order valence-corrected chi connectivity index (χ0v) is 17.1. The molecule has 0 bridgehead atoms. The first kappa shape index (κ1) is 21.1. The first-order valence-electron chi connectivity index (χ1n) is 8.98. The summed E-state index contributed by atoms with van der Waals surface area (Å²) < 4.78 is 53.7. The number of carbonyl (C=O) groups excluding carboxylic acids is 2. The van der Waals surface area contributed by atoms with Crippen LogP contribution >= 0.6 is 0 Å². The van der Waals surface area contributed by atoms with E-state index in [9.17, 15) is 26.8 Å². The zero-order valence-electron chi connectivity index (χ0n) is 16.3. The van der Waals surface area contributed by atoms with Crippen molar-refractivity contribution in [3.05, 3.63) is 52.3 Å². The monoisotopic (exact) mass is 425 g/mol. The molecule has 0 atom stereocenters. The third-order valence-corrected chi connectivity index (χ3v) is 6.95. The molecule has 1 aromatic heterocycles. The van der Waals surface area contributed by atoms with E-state index < -0.39 is 26.6 Å². The lowest BCUT2D eigenvalue weighted by atomic mass is 10.1. The van der Waals surface area contributed by atoms with E-state index in [0.29, 0.717) is 28.6 Å². The predicted octanol–water partition coefficient (Wildman–Crippen LogP) is 2.26. The number of aromatic amines is 1. The van der Waals surface area contributed by atoms with E-state index in [2.05, 4.69) is 4.98 Å². The lowest BCUT2D eigenvalue weighted by Gasteiger charge is -2.34. The van der Waals surface area contributed by atoms with Crippen molar-refractivity contribution in [1.29, 1.82) is 0 Å². The molecule has 1 aliphatic heterocycles. The molecule has 0 radical (unpaired) electrons. The van der Waals surface area contributed by atoms with Gasteiger partial charge in [0, 0.05) is 37.4 Å². The molecule has 1 amide bonds. The molecule has 0 unspecified atom stereocenters. The van der Waals surface area contributed by atoms with Crippen molar-refractivity contribution in [3.63, 3.8) is 0 Å². The Labute approximate surface area is 167 Å². The minimum Gasteiger partial charge on any atom is -0.354 e. The maximum absolute atomic E-state index is 13.9. The summed E-state index contributed by atoms with van der Waals surface area (Å²) in [5.74, 6) is -2.37. The lowest BCUT2D eigenvalue weighted by molar-refractivity contribution is 0.0691. The predicted molar refractivity (Wildman–Crippen MR) is 101 cm³/mol. The number of sulfonamides is 1. The summed E-state index contributed by atoms with van der Waals surface area (Å²) in [7, 11) is -4.22. The number of piperazine rings is 1. The number of amides is 1. The summed E-state index contributed by atoms with van der Waals surface area (Å²) in [5, 5.41) is 0. The van der Waals surface area contributed by atoms with Gasteiger partial charge in [-0.25, -0.2) is 17.2 Å². The number of nitrogens with one attached hydrogen (secondary N) is 1. The molecular weight excluding hydrogens is 404 g/mol. The Kier molecular flexibility index (Phi) is 5.59. The van der Waals surface area contributed by atoms with Gasteiger partial charge < -0.3 is 9.88 Å². The van der Waals surface area contributed by atoms with Crippen LogP contribution in [0.4, 0.5) is 8.78 Å². The number of benzene rings is 1. The topological polar surface area (TPSA) is 90.6 Å². The molecule has 1 aliphatic rings. The summed E-state index contributed by atoms with van der Waals surface area (Å²) in [4.78, 5) is 28.3. The number of rotatable bonds is 4. The van der Waals surface area contributed by atoms with Crippen molar-refractivity contribution in [2.24, 2.45) is 0 Å². The number of nitrogens with zero attached hydrogens (tertiary/aromatic N) is 2. The maximum Gasteiger partial charge on any atom is 0.270 e. The van der Waals surface area contributed by atoms with Crippen LogP contribution in [-0.4, -0.2) is 60.5 Å². The van der Waals surface area contributed by atoms with Crippen LogP contribution in [0, 0.1) is 25.5 Å². The lowest BCUT2D eigenvalue weighted by Crippen LogP contribution is -2.50. The van der Waals surface area contributed by atoms with Gasteiger partial charge in [-0.05, 0) is 44.5 Å². The van der Waals surface area contributed by atoms with Crippen LogP contribution < -0.4 is 0 Å². The minimum absolute atomic E-state index is 0.0532. The van der Waals surface area contributed by atoms with Crippen LogP contribution in [0.25, 0.3) is 0 Å². The molecule has 3 rings (SSSR count). The van der Waals surface area contributed by atoms with Crippen molar-refractivity contribution in [2.75, 3.05) is 26.2 Å². The van der Waals surface area contributed by atoms with Gasteiger partial charge in [0.25, 0.3) is 5.91 Å². The van der Waals surface area contributed by atoms with E-state index in [0.717, 1.165) is 16.4 Å². The van der Waals surface area contributed by atoms with Crippen LogP contribution in [0.15, 0.2) is 23.1 Å². The van der Waals surface area contributed by atoms with E-state index in [1.54, 1.807) is 13.8 Å². The second-order valence-electron chi connectivity index (χ2n) is 6.95. The summed E-state index contributed by atoms with van der Waals surface area (Å²) in [5.41, 5.74) is 1.91. The van der Waals surface area contributed by atoms with Crippen LogP contribution in [0.3, 0.4) is 0 Å². The molecule has 29 heavy (non-hydrogen) atoms. The molecule has 1 N–H and O–H groups in total. The van der Waals surface area contributed by atoms with Crippen LogP contribution in [0.2, 0.25) is 0 Å². The summed E-state index contributed by atoms with van der Waals surface area (Å²) >= 11 is 0. The van der Waals surface area contributed by atoms with Crippen molar-refractivity contribution < 1.29 is 26.8 Å². The largest absolute Gasteiger partial charge is 0.354 e. The Hall–Kier alpha value is -2.59. The zero-order chi connectivity index (χ0) is 21.5. The van der Waals surface area contributed by atoms with Gasteiger partial charge in [0.15, 0.2) is 5.78 Å². The normalized spacial score (nSPS) is 15.6. The SMILES string of the molecule is CC(=O)c1c(C)[nH]c(C(=O)N2CCN(S(=O)(=O)c3cc(F)ccc3F)CC2)c1C. The van der Waals surface area contributed by atoms with E-state index in [1.165, 1.54) is 11.8 Å². The van der Waals surface area contributed by atoms with Gasteiger partial charge >= 0.3 is 0 Å². The molecule has 0 spiro atoms. The third kappa shape index (κ3) is 3.82. The van der Waals surface area contributed by atoms with Crippen LogP contribution in [0.1, 0.15) is 39.0 Å². The highest BCUT2D eigenvalue weighted by Gasteiger charge is 2.33. The van der Waals surface area contributed by atoms with E-state index in [-0.39, 0.29) is 37.9 Å². The van der Waals surface area contributed by atoms with Crippen molar-refractivity contribution in [1.82, 2.24) is 14.2 Å². The number of aromatic nitrogens is 1. The molecule has 2 heterocycles. The van der Waals surface area contributed by atoms with E-state index in [4.69, 9.17) is 0 Å². The fraction of sp³-hybridized carbons (Fsp3) is 0.368. The fourth-order valence-electron chi connectivity index (χ4n) is 3.60. The second kappa shape index (κ2) is 7.68. The van der Waals surface area contributed by atoms with Crippen molar-refractivity contribution in [2.45, 2.75) is 25.7 Å². The quantitative estimate of drug-likeness (QED) is 0.761. The maximum atomic E-state index is 13.9. The Bertz CT molecular complexity index is 1090. The number of H-pyrrole nitrogens is 1. The van der Waals surface area contributed by atoms with Gasteiger partial charge in [0.1, 0.15) is 22.2 Å². The number of carbonyl (C=O) groups is 2. The van der Waals surface area contributed by atoms with E-state index in [1.807, 2.05) is 0 Å². The van der Waals surface area contributed by atoms with Gasteiger partial charge in [-0.2, -0.15) is 4.31 Å². The highest BCUT2D eigenvalue weighted by atomic mass is 32.2. The Morgan fingerprint density at radius 3 is 2.24 bits per heavy atom. The second-order valence-corrected chi connectivity index (χ2v) is 8.86. The van der Waals surface area contributed by atoms with Crippen LogP contribution in [-0.2, 0) is 10.0 Å². The number of hydrogen-bond acceptors (Lipinski definition) is 4. The average Bonchev–Trinajstić information content (AvgIpc) is 2.97. The molecule has 7 nitrogen and oxygen atoms in total. The Morgan fingerprint density at radius 2 is 1.69 bits per heavy atom. The average molecular weight is 425 g/mol. The van der Waals surface area contributed by atoms with Crippen LogP contribution in [0.5, 0.6) is 0 Å². The molecule has 1 fully saturated rings. The molecule has 1 saturated heterocycles. The molecule has 0 aliphatic carbocycles. The van der Waals surface area contributed by atoms with Gasteiger partial charge in [-0.1, -0.05) is 0 Å². The van der Waals surface area contributed by atoms with E-state index >= 15 is 0 Å². The highest BCUT2D eigenvalue weighted by Crippen LogP contribution is 2.24. The van der Waals surface area contributed by atoms with Gasteiger partial charge in [0.2, 0.25) is 10.0 Å². The molecular formula is C19H21F2N3O4S. The number of ketones is 1. The number of Topliss-reactive ketones (excluding diaryl/α,β-unsaturated/α-hetero) is 1. The first-order valence-corrected chi connectivity index (χ1v) is 10.4. The third-order valence-electron chi connectivity index (χ3n) is 5.04. The summed E-state index contributed by atoms with van der Waals surface area (Å²) in [6.45, 7) is 4.88. The number of hydrogen-bond donors (Lipinski definition) is 1. The van der Waals surface area contributed by atoms with Gasteiger partial charge in [0.05, 0.1) is 0 Å². The first-order chi connectivity index (χ1) is 13.5. The van der Waals surface area contributed by atoms with Gasteiger partial charge in [-0.3, -0.25) is 9.59 Å². The molecule has 156 valence electrons. The molecule has 0 saturated carbocycles. The number of halogens is 2.